The minimum atomic E-state index is -0.0440. The molecule has 2 aliphatic carbocycles. The second-order valence-electron chi connectivity index (χ2n) is 16.2. The number of nitrogens with zero attached hydrogens (tertiary/aromatic N) is 2. The van der Waals surface area contributed by atoms with Crippen LogP contribution >= 0.6 is 24.4 Å². The fourth-order valence-corrected chi connectivity index (χ4v) is 9.94. The fourth-order valence-electron chi connectivity index (χ4n) is 8.59. The molecule has 0 fully saturated rings. The molecule has 0 spiro atoms. The lowest BCUT2D eigenvalue weighted by atomic mass is 9.77. The molecular formula is C47H61N2S2+. The Kier molecular flexibility index (Phi) is 12.1. The second-order valence-corrected chi connectivity index (χ2v) is 17.7. The summed E-state index contributed by atoms with van der Waals surface area (Å²) in [6.07, 6.45) is 25.3. The number of allylic oxidation sites excluding steroid dienone is 9. The number of rotatable bonds is 13. The van der Waals surface area contributed by atoms with E-state index in [-0.39, 0.29) is 10.8 Å². The SMILES string of the molecule is CCCCC[N+]1=C(C=CC2=C(Sc3ccccc3)/C(=C/C=C3/N(CCCCS)C4=C(CC(C)C=C4)C3(C)C)CCC2)C(C)(C)c2cc(C)ccc21. The normalized spacial score (nSPS) is 22.7. The van der Waals surface area contributed by atoms with Crippen LogP contribution in [0.15, 0.2) is 123 Å². The average molecular weight is 718 g/mol. The fraction of sp³-hybridized carbons (Fsp3) is 0.468. The first-order valence-corrected chi connectivity index (χ1v) is 21.1. The molecule has 0 aromatic heterocycles. The maximum atomic E-state index is 4.54. The zero-order chi connectivity index (χ0) is 36.2. The van der Waals surface area contributed by atoms with Gasteiger partial charge >= 0.3 is 0 Å². The number of hydrogen-bond acceptors (Lipinski definition) is 3. The molecule has 0 bridgehead atoms. The highest BCUT2D eigenvalue weighted by atomic mass is 32.2. The summed E-state index contributed by atoms with van der Waals surface area (Å²) in [4.78, 5) is 5.38. The summed E-state index contributed by atoms with van der Waals surface area (Å²) in [5.74, 6) is 1.53. The lowest BCUT2D eigenvalue weighted by molar-refractivity contribution is -0.438. The maximum Gasteiger partial charge on any atom is 0.209 e. The van der Waals surface area contributed by atoms with E-state index >= 15 is 0 Å². The van der Waals surface area contributed by atoms with Crippen LogP contribution in [-0.2, 0) is 5.41 Å². The smallest absolute Gasteiger partial charge is 0.209 e. The summed E-state index contributed by atoms with van der Waals surface area (Å²) >= 11 is 6.49. The summed E-state index contributed by atoms with van der Waals surface area (Å²) in [6, 6.07) is 18.1. The van der Waals surface area contributed by atoms with E-state index in [2.05, 4.69) is 156 Å². The van der Waals surface area contributed by atoms with E-state index in [1.807, 2.05) is 11.8 Å². The highest BCUT2D eigenvalue weighted by Crippen LogP contribution is 2.52. The molecule has 2 aromatic rings. The van der Waals surface area contributed by atoms with Crippen LogP contribution in [0.3, 0.4) is 0 Å². The Morgan fingerprint density at radius 2 is 1.75 bits per heavy atom. The van der Waals surface area contributed by atoms with Gasteiger partial charge in [0.15, 0.2) is 5.71 Å². The summed E-state index contributed by atoms with van der Waals surface area (Å²) in [6.45, 7) is 18.8. The molecule has 0 saturated carbocycles. The number of unbranched alkanes of at least 4 members (excludes halogenated alkanes) is 3. The summed E-state index contributed by atoms with van der Waals surface area (Å²) < 4.78 is 2.63. The van der Waals surface area contributed by atoms with Crippen molar-refractivity contribution in [2.75, 3.05) is 18.8 Å². The van der Waals surface area contributed by atoms with Gasteiger partial charge in [0.25, 0.3) is 0 Å². The van der Waals surface area contributed by atoms with Gasteiger partial charge in [0, 0.05) is 57.3 Å². The van der Waals surface area contributed by atoms with Crippen molar-refractivity contribution < 1.29 is 4.58 Å². The number of thioether (sulfide) groups is 1. The van der Waals surface area contributed by atoms with Crippen molar-refractivity contribution >= 4 is 35.8 Å². The van der Waals surface area contributed by atoms with Crippen LogP contribution in [0.4, 0.5) is 5.69 Å². The van der Waals surface area contributed by atoms with Crippen molar-refractivity contribution in [2.45, 2.75) is 117 Å². The van der Waals surface area contributed by atoms with E-state index in [0.29, 0.717) is 5.92 Å². The average Bonchev–Trinajstić information content (AvgIpc) is 3.45. The summed E-state index contributed by atoms with van der Waals surface area (Å²) in [7, 11) is 0. The number of fused-ring (bicyclic) bond motifs is 1. The molecule has 2 aromatic carbocycles. The standard InChI is InChI=1S/C47H60N2S2/c1-8-9-13-29-48-41-25-21-34(2)32-39(41)46(4,5)43(48)27-23-36-17-16-18-37(45(36)51-38-19-11-10-12-20-38)24-28-44-47(6,7)40-33-35(3)22-26-42(40)49(44)30-14-15-31-50/h10-12,19-28,32,35H,8-9,13-18,29-31,33H2,1-7H3/p+1. The Morgan fingerprint density at radius 3 is 2.51 bits per heavy atom. The molecular weight excluding hydrogens is 657 g/mol. The van der Waals surface area contributed by atoms with E-state index < -0.39 is 0 Å². The molecule has 0 N–H and O–H groups in total. The Balaban J connectivity index is 1.42. The molecule has 0 amide bonds. The van der Waals surface area contributed by atoms with Gasteiger partial charge in [-0.05, 0) is 124 Å². The molecule has 270 valence electrons. The molecule has 4 aliphatic rings. The van der Waals surface area contributed by atoms with Crippen molar-refractivity contribution in [3.8, 4) is 0 Å². The van der Waals surface area contributed by atoms with E-state index in [9.17, 15) is 0 Å². The molecule has 6 rings (SSSR count). The topological polar surface area (TPSA) is 6.25 Å². The van der Waals surface area contributed by atoms with Crippen LogP contribution in [0.2, 0.25) is 0 Å². The van der Waals surface area contributed by atoms with E-state index in [1.54, 1.807) is 5.57 Å². The zero-order valence-electron chi connectivity index (χ0n) is 32.4. The van der Waals surface area contributed by atoms with Crippen molar-refractivity contribution in [2.24, 2.45) is 11.3 Å². The van der Waals surface area contributed by atoms with Gasteiger partial charge in [-0.2, -0.15) is 17.2 Å². The van der Waals surface area contributed by atoms with Gasteiger partial charge < -0.3 is 4.90 Å². The first kappa shape index (κ1) is 37.8. The Hall–Kier alpha value is -2.95. The van der Waals surface area contributed by atoms with Crippen LogP contribution in [-0.4, -0.2) is 34.0 Å². The molecule has 1 atom stereocenters. The zero-order valence-corrected chi connectivity index (χ0v) is 34.1. The van der Waals surface area contributed by atoms with Gasteiger partial charge in [0.05, 0.1) is 5.41 Å². The number of benzene rings is 2. The number of hydrogen-bond donors (Lipinski definition) is 1. The lowest BCUT2D eigenvalue weighted by Crippen LogP contribution is -2.28. The molecule has 1 unspecified atom stereocenters. The van der Waals surface area contributed by atoms with Crippen LogP contribution in [0.5, 0.6) is 0 Å². The van der Waals surface area contributed by atoms with Gasteiger partial charge in [-0.3, -0.25) is 0 Å². The van der Waals surface area contributed by atoms with E-state index in [4.69, 9.17) is 0 Å². The van der Waals surface area contributed by atoms with Crippen molar-refractivity contribution in [3.63, 3.8) is 0 Å². The molecule has 2 aliphatic heterocycles. The predicted octanol–water partition coefficient (Wildman–Crippen LogP) is 13.1. The largest absolute Gasteiger partial charge is 0.344 e. The Labute approximate surface area is 319 Å². The van der Waals surface area contributed by atoms with Crippen LogP contribution < -0.4 is 0 Å². The van der Waals surface area contributed by atoms with Crippen LogP contribution in [0, 0.1) is 18.3 Å². The molecule has 51 heavy (non-hydrogen) atoms. The molecule has 0 saturated heterocycles. The molecule has 0 radical (unpaired) electrons. The van der Waals surface area contributed by atoms with Gasteiger partial charge in [0.1, 0.15) is 6.54 Å². The molecule has 2 nitrogen and oxygen atoms in total. The monoisotopic (exact) mass is 717 g/mol. The van der Waals surface area contributed by atoms with Crippen molar-refractivity contribution in [1.82, 2.24) is 4.90 Å². The summed E-state index contributed by atoms with van der Waals surface area (Å²) in [5.41, 5.74) is 13.0. The highest BCUT2D eigenvalue weighted by molar-refractivity contribution is 8.03. The summed E-state index contributed by atoms with van der Waals surface area (Å²) in [5, 5.41) is 0. The molecule has 4 heteroatoms. The van der Waals surface area contributed by atoms with Gasteiger partial charge in [0.2, 0.25) is 5.69 Å². The third kappa shape index (κ3) is 8.03. The Bertz CT molecular complexity index is 1810. The Morgan fingerprint density at radius 1 is 0.941 bits per heavy atom. The maximum absolute atomic E-state index is 4.54. The van der Waals surface area contributed by atoms with E-state index in [1.165, 1.54) is 80.6 Å². The van der Waals surface area contributed by atoms with Gasteiger partial charge in [-0.15, -0.1) is 0 Å². The van der Waals surface area contributed by atoms with Crippen LogP contribution in [0.1, 0.15) is 110 Å². The quantitative estimate of drug-likeness (QED) is 0.125. The third-order valence-electron chi connectivity index (χ3n) is 11.5. The minimum absolute atomic E-state index is 0.0134. The van der Waals surface area contributed by atoms with Gasteiger partial charge in [-0.25, -0.2) is 0 Å². The number of aryl methyl sites for hydroxylation is 1. The first-order chi connectivity index (χ1) is 24.6. The minimum Gasteiger partial charge on any atom is -0.344 e. The molecule has 2 heterocycles. The van der Waals surface area contributed by atoms with Crippen molar-refractivity contribution in [3.05, 3.63) is 129 Å². The lowest BCUT2D eigenvalue weighted by Gasteiger charge is -2.29. The van der Waals surface area contributed by atoms with E-state index in [0.717, 1.165) is 50.9 Å². The third-order valence-corrected chi connectivity index (χ3v) is 13.1. The first-order valence-electron chi connectivity index (χ1n) is 19.7. The number of thiol groups is 1. The van der Waals surface area contributed by atoms with Crippen molar-refractivity contribution in [1.29, 1.82) is 0 Å². The highest BCUT2D eigenvalue weighted by Gasteiger charge is 2.44. The van der Waals surface area contributed by atoms with Gasteiger partial charge in [-0.1, -0.05) is 93.9 Å². The van der Waals surface area contributed by atoms with Crippen LogP contribution in [0.25, 0.3) is 0 Å². The second kappa shape index (κ2) is 16.4. The predicted molar refractivity (Wildman–Crippen MR) is 226 cm³/mol.